The predicted octanol–water partition coefficient (Wildman–Crippen LogP) is 1.76. The third kappa shape index (κ3) is 4.99. The number of fused-ring (bicyclic) bond motifs is 1. The van der Waals surface area contributed by atoms with Gasteiger partial charge in [0.25, 0.3) is 0 Å². The molecule has 0 aromatic heterocycles. The summed E-state index contributed by atoms with van der Waals surface area (Å²) in [7, 11) is 0. The van der Waals surface area contributed by atoms with Gasteiger partial charge in [0.05, 0.1) is 12.7 Å². The zero-order valence-corrected chi connectivity index (χ0v) is 11.2. The molecule has 2 aliphatic rings. The molecule has 0 aromatic rings. The molecule has 2 fully saturated rings. The normalized spacial score (nSPS) is 29.0. The molecule has 2 heterocycles. The molecular weight excluding hydrogens is 324 g/mol. The lowest BCUT2D eigenvalue weighted by Crippen LogP contribution is -2.41. The SMILES string of the molecule is O=C(O)C(F)(F)F.OC[C@@]12CCCN1C[C@H](OC(F)(F)F)C2. The summed E-state index contributed by atoms with van der Waals surface area (Å²) in [6, 6.07) is 0. The van der Waals surface area contributed by atoms with Crippen LogP contribution in [0.4, 0.5) is 26.3 Å². The second-order valence-electron chi connectivity index (χ2n) is 5.12. The van der Waals surface area contributed by atoms with Crippen molar-refractivity contribution in [3.05, 3.63) is 0 Å². The highest BCUT2D eigenvalue weighted by atomic mass is 19.4. The summed E-state index contributed by atoms with van der Waals surface area (Å²) in [6.45, 7) is 0.961. The Kier molecular flexibility index (Phi) is 5.68. The smallest absolute Gasteiger partial charge is 0.475 e. The maximum absolute atomic E-state index is 12.0. The van der Waals surface area contributed by atoms with Crippen LogP contribution < -0.4 is 0 Å². The van der Waals surface area contributed by atoms with E-state index in [-0.39, 0.29) is 19.6 Å². The number of aliphatic carboxylic acids is 1. The number of alkyl halides is 6. The highest BCUT2D eigenvalue weighted by molar-refractivity contribution is 5.73. The Hall–Kier alpha value is -1.07. The Labute approximate surface area is 121 Å². The summed E-state index contributed by atoms with van der Waals surface area (Å²) in [4.78, 5) is 10.8. The summed E-state index contributed by atoms with van der Waals surface area (Å²) >= 11 is 0. The topological polar surface area (TPSA) is 70.0 Å². The van der Waals surface area contributed by atoms with Gasteiger partial charge in [-0.15, -0.1) is 13.2 Å². The number of carboxylic acids is 1. The van der Waals surface area contributed by atoms with Crippen molar-refractivity contribution in [1.82, 2.24) is 4.90 Å². The van der Waals surface area contributed by atoms with E-state index in [0.717, 1.165) is 19.4 Å². The average molecular weight is 339 g/mol. The van der Waals surface area contributed by atoms with E-state index < -0.39 is 30.2 Å². The maximum Gasteiger partial charge on any atom is 0.522 e. The molecule has 0 radical (unpaired) electrons. The highest BCUT2D eigenvalue weighted by Gasteiger charge is 2.50. The molecule has 0 amide bonds. The number of carbonyl (C=O) groups is 1. The Balaban J connectivity index is 0.000000295. The van der Waals surface area contributed by atoms with Crippen molar-refractivity contribution in [2.45, 2.75) is 43.4 Å². The van der Waals surface area contributed by atoms with Gasteiger partial charge in [0.2, 0.25) is 0 Å². The molecule has 0 aliphatic carbocycles. The molecule has 2 aliphatic heterocycles. The number of hydrogen-bond acceptors (Lipinski definition) is 4. The molecule has 22 heavy (non-hydrogen) atoms. The molecule has 2 N–H and O–H groups in total. The van der Waals surface area contributed by atoms with Crippen LogP contribution >= 0.6 is 0 Å². The largest absolute Gasteiger partial charge is 0.522 e. The van der Waals surface area contributed by atoms with E-state index in [1.165, 1.54) is 0 Å². The van der Waals surface area contributed by atoms with Gasteiger partial charge >= 0.3 is 18.5 Å². The number of ether oxygens (including phenoxy) is 1. The van der Waals surface area contributed by atoms with E-state index in [9.17, 15) is 31.4 Å². The number of nitrogens with zero attached hydrogens (tertiary/aromatic N) is 1. The van der Waals surface area contributed by atoms with Crippen LogP contribution in [0, 0.1) is 0 Å². The van der Waals surface area contributed by atoms with Gasteiger partial charge in [-0.2, -0.15) is 13.2 Å². The van der Waals surface area contributed by atoms with Gasteiger partial charge in [-0.05, 0) is 25.8 Å². The standard InChI is InChI=1S/C9H14F3NO2.C2HF3O2/c10-9(11,12)15-7-4-8(6-14)2-1-3-13(8)5-7;3-2(4,5)1(6)7/h7,14H,1-6H2;(H,6,7)/t7-,8+;/m1./s1. The van der Waals surface area contributed by atoms with Crippen LogP contribution in [0.25, 0.3) is 0 Å². The van der Waals surface area contributed by atoms with Crippen LogP contribution in [0.3, 0.4) is 0 Å². The van der Waals surface area contributed by atoms with E-state index >= 15 is 0 Å². The quantitative estimate of drug-likeness (QED) is 0.750. The number of rotatable bonds is 2. The first-order chi connectivity index (χ1) is 9.89. The van der Waals surface area contributed by atoms with Gasteiger partial charge < -0.3 is 10.2 Å². The zero-order chi connectivity index (χ0) is 17.2. The average Bonchev–Trinajstić information content (AvgIpc) is 2.82. The zero-order valence-electron chi connectivity index (χ0n) is 11.2. The molecular formula is C11H15F6NO4. The summed E-state index contributed by atoms with van der Waals surface area (Å²) in [6.07, 6.45) is -8.48. The number of halogens is 6. The molecule has 11 heteroatoms. The van der Waals surface area contributed by atoms with Gasteiger partial charge in [0.15, 0.2) is 0 Å². The Morgan fingerprint density at radius 3 is 2.18 bits per heavy atom. The Morgan fingerprint density at radius 1 is 1.27 bits per heavy atom. The fraction of sp³-hybridized carbons (Fsp3) is 0.909. The van der Waals surface area contributed by atoms with Crippen molar-refractivity contribution in [2.24, 2.45) is 0 Å². The molecule has 130 valence electrons. The molecule has 0 aromatic carbocycles. The van der Waals surface area contributed by atoms with Gasteiger partial charge in [-0.1, -0.05) is 0 Å². The van der Waals surface area contributed by atoms with E-state index in [1.54, 1.807) is 0 Å². The van der Waals surface area contributed by atoms with Crippen LogP contribution in [0.15, 0.2) is 0 Å². The van der Waals surface area contributed by atoms with Crippen LogP contribution in [-0.4, -0.2) is 65.0 Å². The molecule has 2 atom stereocenters. The Morgan fingerprint density at radius 2 is 1.82 bits per heavy atom. The fourth-order valence-corrected chi connectivity index (χ4v) is 2.76. The van der Waals surface area contributed by atoms with E-state index in [4.69, 9.17) is 9.90 Å². The first-order valence-electron chi connectivity index (χ1n) is 6.30. The summed E-state index contributed by atoms with van der Waals surface area (Å²) < 4.78 is 71.8. The minimum Gasteiger partial charge on any atom is -0.475 e. The molecule has 0 saturated carbocycles. The second-order valence-corrected chi connectivity index (χ2v) is 5.12. The number of aliphatic hydroxyl groups excluding tert-OH is 1. The first-order valence-corrected chi connectivity index (χ1v) is 6.30. The molecule has 0 spiro atoms. The van der Waals surface area contributed by atoms with Gasteiger partial charge in [0, 0.05) is 12.1 Å². The minimum atomic E-state index is -5.08. The van der Waals surface area contributed by atoms with Crippen LogP contribution in [-0.2, 0) is 9.53 Å². The predicted molar refractivity (Wildman–Crippen MR) is 59.9 cm³/mol. The van der Waals surface area contributed by atoms with Crippen molar-refractivity contribution in [3.63, 3.8) is 0 Å². The summed E-state index contributed by atoms with van der Waals surface area (Å²) in [5, 5.41) is 16.4. The lowest BCUT2D eigenvalue weighted by atomic mass is 9.94. The first kappa shape index (κ1) is 19.0. The van der Waals surface area contributed by atoms with Gasteiger partial charge in [-0.25, -0.2) is 4.79 Å². The fourth-order valence-electron chi connectivity index (χ4n) is 2.76. The van der Waals surface area contributed by atoms with E-state index in [2.05, 4.69) is 4.74 Å². The molecule has 5 nitrogen and oxygen atoms in total. The molecule has 0 bridgehead atoms. The monoisotopic (exact) mass is 339 g/mol. The molecule has 2 rings (SSSR count). The lowest BCUT2D eigenvalue weighted by Gasteiger charge is -2.28. The summed E-state index contributed by atoms with van der Waals surface area (Å²) in [5.41, 5.74) is -0.448. The number of hydrogen-bond donors (Lipinski definition) is 2. The lowest BCUT2D eigenvalue weighted by molar-refractivity contribution is -0.340. The third-order valence-electron chi connectivity index (χ3n) is 3.61. The maximum atomic E-state index is 12.0. The van der Waals surface area contributed by atoms with Crippen molar-refractivity contribution < 1.29 is 46.1 Å². The number of aliphatic hydroxyl groups is 1. The second kappa shape index (κ2) is 6.59. The molecule has 0 unspecified atom stereocenters. The summed E-state index contributed by atoms with van der Waals surface area (Å²) in [5.74, 6) is -2.76. The van der Waals surface area contributed by atoms with Gasteiger partial charge in [0.1, 0.15) is 0 Å². The van der Waals surface area contributed by atoms with Crippen molar-refractivity contribution >= 4 is 5.97 Å². The van der Waals surface area contributed by atoms with Crippen LogP contribution in [0.2, 0.25) is 0 Å². The number of carboxylic acid groups (broad SMARTS) is 1. The van der Waals surface area contributed by atoms with Gasteiger partial charge in [-0.3, -0.25) is 9.64 Å². The van der Waals surface area contributed by atoms with E-state index in [0.29, 0.717) is 0 Å². The van der Waals surface area contributed by atoms with Crippen LogP contribution in [0.1, 0.15) is 19.3 Å². The molecule has 2 saturated heterocycles. The Bertz CT molecular complexity index is 399. The van der Waals surface area contributed by atoms with Crippen molar-refractivity contribution in [3.8, 4) is 0 Å². The van der Waals surface area contributed by atoms with Crippen molar-refractivity contribution in [1.29, 1.82) is 0 Å². The van der Waals surface area contributed by atoms with Crippen molar-refractivity contribution in [2.75, 3.05) is 19.7 Å². The van der Waals surface area contributed by atoms with Crippen LogP contribution in [0.5, 0.6) is 0 Å². The third-order valence-corrected chi connectivity index (χ3v) is 3.61. The van der Waals surface area contributed by atoms with E-state index in [1.807, 2.05) is 4.90 Å². The highest BCUT2D eigenvalue weighted by Crippen LogP contribution is 2.40. The minimum absolute atomic E-state index is 0.0787.